The van der Waals surface area contributed by atoms with Gasteiger partial charge in [0.2, 0.25) is 0 Å². The van der Waals surface area contributed by atoms with E-state index in [9.17, 15) is 9.90 Å². The Hall–Kier alpha value is -2.33. The van der Waals surface area contributed by atoms with Crippen LogP contribution >= 0.6 is 0 Å². The number of hydrogen-bond donors (Lipinski definition) is 2. The molecule has 0 heterocycles. The number of hydrogen-bond acceptors (Lipinski definition) is 4. The maximum absolute atomic E-state index is 11.6. The van der Waals surface area contributed by atoms with E-state index in [0.717, 1.165) is 11.3 Å². The average Bonchev–Trinajstić information content (AvgIpc) is 2.84. The largest absolute Gasteiger partial charge is 0.462 e. The lowest BCUT2D eigenvalue weighted by atomic mass is 10.1. The van der Waals surface area contributed by atoms with Crippen LogP contribution in [0.15, 0.2) is 48.5 Å². The molecule has 0 saturated carbocycles. The minimum absolute atomic E-state index is 0.121. The van der Waals surface area contributed by atoms with Crippen LogP contribution in [0, 0.1) is 0 Å². The monoisotopic (exact) mass is 297 g/mol. The molecule has 0 spiro atoms. The Morgan fingerprint density at radius 2 is 1.95 bits per heavy atom. The molecule has 2 unspecified atom stereocenters. The molecule has 0 aromatic heterocycles. The fraction of sp³-hybridized carbons (Fsp3) is 0.278. The van der Waals surface area contributed by atoms with Crippen LogP contribution in [0.1, 0.15) is 34.5 Å². The van der Waals surface area contributed by atoms with Crippen molar-refractivity contribution in [2.24, 2.45) is 0 Å². The number of esters is 1. The number of benzene rings is 2. The Morgan fingerprint density at radius 1 is 1.23 bits per heavy atom. The Kier molecular flexibility index (Phi) is 4.11. The SMILES string of the molecule is CCOC(=O)c1ccc(NC2c3ccccc3CC2O)cc1. The first kappa shape index (κ1) is 14.6. The molecule has 2 aromatic carbocycles. The van der Waals surface area contributed by atoms with E-state index in [-0.39, 0.29) is 12.0 Å². The molecule has 3 rings (SSSR count). The first-order valence-corrected chi connectivity index (χ1v) is 7.48. The minimum Gasteiger partial charge on any atom is -0.462 e. The fourth-order valence-corrected chi connectivity index (χ4v) is 2.84. The zero-order valence-corrected chi connectivity index (χ0v) is 12.5. The van der Waals surface area contributed by atoms with Crippen molar-refractivity contribution in [1.82, 2.24) is 0 Å². The number of aliphatic hydroxyl groups is 1. The van der Waals surface area contributed by atoms with E-state index in [1.54, 1.807) is 19.1 Å². The Morgan fingerprint density at radius 3 is 2.68 bits per heavy atom. The molecule has 2 atom stereocenters. The van der Waals surface area contributed by atoms with Gasteiger partial charge < -0.3 is 15.2 Å². The highest BCUT2D eigenvalue weighted by atomic mass is 16.5. The molecular formula is C18H19NO3. The van der Waals surface area contributed by atoms with Crippen LogP contribution in [-0.2, 0) is 11.2 Å². The third-order valence-electron chi connectivity index (χ3n) is 3.92. The molecule has 2 N–H and O–H groups in total. The van der Waals surface area contributed by atoms with E-state index >= 15 is 0 Å². The van der Waals surface area contributed by atoms with Crippen LogP contribution in [0.25, 0.3) is 0 Å². The zero-order chi connectivity index (χ0) is 15.5. The van der Waals surface area contributed by atoms with E-state index < -0.39 is 6.10 Å². The number of carbonyl (C=O) groups excluding carboxylic acids is 1. The first-order valence-electron chi connectivity index (χ1n) is 7.48. The topological polar surface area (TPSA) is 58.6 Å². The summed E-state index contributed by atoms with van der Waals surface area (Å²) >= 11 is 0. The number of anilines is 1. The van der Waals surface area contributed by atoms with Crippen molar-refractivity contribution in [3.63, 3.8) is 0 Å². The maximum Gasteiger partial charge on any atom is 0.338 e. The smallest absolute Gasteiger partial charge is 0.338 e. The minimum atomic E-state index is -0.442. The van der Waals surface area contributed by atoms with Crippen LogP contribution in [0.5, 0.6) is 0 Å². The van der Waals surface area contributed by atoms with Crippen LogP contribution in [0.3, 0.4) is 0 Å². The summed E-state index contributed by atoms with van der Waals surface area (Å²) in [7, 11) is 0. The molecule has 1 aliphatic carbocycles. The second-order valence-electron chi connectivity index (χ2n) is 5.39. The van der Waals surface area contributed by atoms with Gasteiger partial charge in [-0.1, -0.05) is 24.3 Å². The van der Waals surface area contributed by atoms with Crippen LogP contribution in [0.4, 0.5) is 5.69 Å². The lowest BCUT2D eigenvalue weighted by Gasteiger charge is -2.19. The van der Waals surface area contributed by atoms with Crippen molar-refractivity contribution in [3.05, 3.63) is 65.2 Å². The Labute approximate surface area is 129 Å². The lowest BCUT2D eigenvalue weighted by Crippen LogP contribution is -2.21. The number of aliphatic hydroxyl groups excluding tert-OH is 1. The van der Waals surface area contributed by atoms with Crippen molar-refractivity contribution in [1.29, 1.82) is 0 Å². The molecule has 1 aliphatic rings. The van der Waals surface area contributed by atoms with Gasteiger partial charge in [0.15, 0.2) is 0 Å². The molecule has 0 saturated heterocycles. The van der Waals surface area contributed by atoms with Crippen LogP contribution in [0.2, 0.25) is 0 Å². The van der Waals surface area contributed by atoms with Crippen molar-refractivity contribution >= 4 is 11.7 Å². The molecule has 0 aliphatic heterocycles. The summed E-state index contributed by atoms with van der Waals surface area (Å²) in [5.74, 6) is -0.319. The fourth-order valence-electron chi connectivity index (χ4n) is 2.84. The third-order valence-corrected chi connectivity index (χ3v) is 3.92. The summed E-state index contributed by atoms with van der Waals surface area (Å²) in [5.41, 5.74) is 3.70. The molecule has 4 heteroatoms. The zero-order valence-electron chi connectivity index (χ0n) is 12.5. The van der Waals surface area contributed by atoms with Gasteiger partial charge in [-0.05, 0) is 42.3 Å². The summed E-state index contributed by atoms with van der Waals surface area (Å²) in [4.78, 5) is 11.6. The standard InChI is InChI=1S/C18H19NO3/c1-2-22-18(21)12-7-9-14(10-8-12)19-17-15-6-4-3-5-13(15)11-16(17)20/h3-10,16-17,19-20H,2,11H2,1H3. The van der Waals surface area contributed by atoms with Gasteiger partial charge in [0.05, 0.1) is 24.3 Å². The van der Waals surface area contributed by atoms with Gasteiger partial charge in [-0.2, -0.15) is 0 Å². The Bertz CT molecular complexity index is 666. The van der Waals surface area contributed by atoms with Crippen molar-refractivity contribution < 1.29 is 14.6 Å². The van der Waals surface area contributed by atoms with Gasteiger partial charge in [0.25, 0.3) is 0 Å². The first-order chi connectivity index (χ1) is 10.7. The number of rotatable bonds is 4. The second-order valence-corrected chi connectivity index (χ2v) is 5.39. The quantitative estimate of drug-likeness (QED) is 0.852. The van der Waals surface area contributed by atoms with E-state index in [1.165, 1.54) is 5.56 Å². The van der Waals surface area contributed by atoms with Crippen molar-refractivity contribution in [2.75, 3.05) is 11.9 Å². The highest BCUT2D eigenvalue weighted by Crippen LogP contribution is 2.34. The molecule has 2 aromatic rings. The number of ether oxygens (including phenoxy) is 1. The average molecular weight is 297 g/mol. The predicted molar refractivity (Wildman–Crippen MR) is 84.9 cm³/mol. The Balaban J connectivity index is 1.75. The van der Waals surface area contributed by atoms with Gasteiger partial charge in [-0.15, -0.1) is 0 Å². The number of fused-ring (bicyclic) bond motifs is 1. The predicted octanol–water partition coefficient (Wildman–Crippen LogP) is 2.93. The molecule has 0 bridgehead atoms. The molecule has 4 nitrogen and oxygen atoms in total. The number of nitrogens with one attached hydrogen (secondary N) is 1. The molecule has 0 radical (unpaired) electrons. The van der Waals surface area contributed by atoms with Gasteiger partial charge in [-0.25, -0.2) is 4.79 Å². The third kappa shape index (κ3) is 2.83. The molecule has 0 fully saturated rings. The summed E-state index contributed by atoms with van der Waals surface area (Å²) in [5, 5.41) is 13.6. The van der Waals surface area contributed by atoms with E-state index in [0.29, 0.717) is 18.6 Å². The van der Waals surface area contributed by atoms with Crippen LogP contribution in [-0.4, -0.2) is 23.8 Å². The summed E-state index contributed by atoms with van der Waals surface area (Å²) in [6.45, 7) is 2.15. The molecule has 114 valence electrons. The molecule has 0 amide bonds. The van der Waals surface area contributed by atoms with Crippen molar-refractivity contribution in [3.8, 4) is 0 Å². The second kappa shape index (κ2) is 6.20. The molecule has 22 heavy (non-hydrogen) atoms. The van der Waals surface area contributed by atoms with Crippen molar-refractivity contribution in [2.45, 2.75) is 25.5 Å². The van der Waals surface area contributed by atoms with Crippen LogP contribution < -0.4 is 5.32 Å². The van der Waals surface area contributed by atoms with Gasteiger partial charge in [0, 0.05) is 12.1 Å². The lowest BCUT2D eigenvalue weighted by molar-refractivity contribution is 0.0526. The normalized spacial score (nSPS) is 19.5. The van der Waals surface area contributed by atoms with Gasteiger partial charge in [0.1, 0.15) is 0 Å². The summed E-state index contributed by atoms with van der Waals surface area (Å²) in [6, 6.07) is 15.1. The van der Waals surface area contributed by atoms with E-state index in [4.69, 9.17) is 4.74 Å². The summed E-state index contributed by atoms with van der Waals surface area (Å²) < 4.78 is 4.97. The molecular weight excluding hydrogens is 278 g/mol. The van der Waals surface area contributed by atoms with E-state index in [1.807, 2.05) is 36.4 Å². The van der Waals surface area contributed by atoms with Gasteiger partial charge >= 0.3 is 5.97 Å². The highest BCUT2D eigenvalue weighted by Gasteiger charge is 2.30. The van der Waals surface area contributed by atoms with Gasteiger partial charge in [-0.3, -0.25) is 0 Å². The number of carbonyl (C=O) groups is 1. The van der Waals surface area contributed by atoms with E-state index in [2.05, 4.69) is 5.32 Å². The maximum atomic E-state index is 11.6. The summed E-state index contributed by atoms with van der Waals surface area (Å²) in [6.07, 6.45) is 0.219. The highest BCUT2D eigenvalue weighted by molar-refractivity contribution is 5.89.